The van der Waals surface area contributed by atoms with Gasteiger partial charge in [0.15, 0.2) is 0 Å². The van der Waals surface area contributed by atoms with Crippen LogP contribution in [0.4, 0.5) is 0 Å². The lowest BCUT2D eigenvalue weighted by molar-refractivity contribution is -0.154. The van der Waals surface area contributed by atoms with Gasteiger partial charge >= 0.3 is 13.8 Å². The van der Waals surface area contributed by atoms with Crippen LogP contribution in [0, 0.1) is 0 Å². The Morgan fingerprint density at radius 3 is 1.81 bits per heavy atom. The predicted octanol–water partition coefficient (Wildman–Crippen LogP) is 9.47. The quantitative estimate of drug-likeness (QED) is 0.0256. The standard InChI is InChI=1S/C38H69O9P/c1-3-5-7-9-11-13-15-17-19-21-23-25-27-29-31-44-34-37(35-46-48(42,43)45-33-36(40)32-39)47-38(41)30-28-26-24-22-20-18-16-14-12-10-8-6-4-2/h6,8,12-15,18,20,36-37,39-40H,3-5,7,9-11,16-17,19,21-35H2,1-2H3,(H,42,43)/b8-6-,14-12-,15-13-,20-18-. The molecule has 280 valence electrons. The van der Waals surface area contributed by atoms with E-state index in [1.165, 1.54) is 51.4 Å². The molecular weight excluding hydrogens is 631 g/mol. The molecule has 0 rings (SSSR count). The molecule has 0 bridgehead atoms. The number of hydrogen-bond acceptors (Lipinski definition) is 8. The third-order valence-electron chi connectivity index (χ3n) is 7.50. The molecule has 0 amide bonds. The number of phosphoric acid groups is 1. The van der Waals surface area contributed by atoms with Gasteiger partial charge in [-0.05, 0) is 70.6 Å². The third-order valence-corrected chi connectivity index (χ3v) is 8.45. The Kier molecular flexibility index (Phi) is 34.1. The zero-order valence-electron chi connectivity index (χ0n) is 30.2. The lowest BCUT2D eigenvalue weighted by atomic mass is 10.1. The summed E-state index contributed by atoms with van der Waals surface area (Å²) in [7, 11) is -4.52. The summed E-state index contributed by atoms with van der Waals surface area (Å²) in [5.74, 6) is -0.416. The molecule has 0 saturated carbocycles. The molecule has 48 heavy (non-hydrogen) atoms. The first-order valence-electron chi connectivity index (χ1n) is 18.6. The van der Waals surface area contributed by atoms with E-state index in [2.05, 4.69) is 62.5 Å². The number of carbonyl (C=O) groups excluding carboxylic acids is 1. The fourth-order valence-corrected chi connectivity index (χ4v) is 5.45. The van der Waals surface area contributed by atoms with Crippen LogP contribution < -0.4 is 0 Å². The van der Waals surface area contributed by atoms with Crippen molar-refractivity contribution in [3.8, 4) is 0 Å². The van der Waals surface area contributed by atoms with Crippen LogP contribution in [0.5, 0.6) is 0 Å². The maximum Gasteiger partial charge on any atom is 0.472 e. The molecule has 0 saturated heterocycles. The maximum atomic E-state index is 12.5. The second-order valence-corrected chi connectivity index (χ2v) is 13.7. The maximum absolute atomic E-state index is 12.5. The highest BCUT2D eigenvalue weighted by Gasteiger charge is 2.26. The monoisotopic (exact) mass is 700 g/mol. The second kappa shape index (κ2) is 35.3. The fourth-order valence-electron chi connectivity index (χ4n) is 4.66. The lowest BCUT2D eigenvalue weighted by Crippen LogP contribution is -2.29. The number of unbranched alkanes of at least 4 members (excludes halogenated alkanes) is 13. The Morgan fingerprint density at radius 2 is 1.19 bits per heavy atom. The summed E-state index contributed by atoms with van der Waals surface area (Å²) >= 11 is 0. The van der Waals surface area contributed by atoms with Crippen molar-refractivity contribution < 1.29 is 43.0 Å². The van der Waals surface area contributed by atoms with Gasteiger partial charge in [-0.2, -0.15) is 0 Å². The van der Waals surface area contributed by atoms with Crippen LogP contribution in [-0.4, -0.2) is 66.3 Å². The SMILES string of the molecule is CC/C=C\C/C=C\C/C=C\CCCCCC(=O)OC(COCCCCCCCC/C=C\CCCCCC)COP(=O)(O)OCC(O)CO. The summed E-state index contributed by atoms with van der Waals surface area (Å²) in [6.07, 6.45) is 36.4. The largest absolute Gasteiger partial charge is 0.472 e. The molecule has 0 aliphatic carbocycles. The van der Waals surface area contributed by atoms with Crippen LogP contribution in [0.1, 0.15) is 142 Å². The molecule has 0 radical (unpaired) electrons. The summed E-state index contributed by atoms with van der Waals surface area (Å²) in [5.41, 5.74) is 0. The molecule has 9 nitrogen and oxygen atoms in total. The van der Waals surface area contributed by atoms with Crippen LogP contribution in [-0.2, 0) is 27.9 Å². The molecule has 0 heterocycles. The van der Waals surface area contributed by atoms with Gasteiger partial charge in [0.25, 0.3) is 0 Å². The van der Waals surface area contributed by atoms with Crippen molar-refractivity contribution in [1.82, 2.24) is 0 Å². The summed E-state index contributed by atoms with van der Waals surface area (Å²) in [4.78, 5) is 22.4. The van der Waals surface area contributed by atoms with E-state index in [1.807, 2.05) is 0 Å². The smallest absolute Gasteiger partial charge is 0.457 e. The van der Waals surface area contributed by atoms with E-state index < -0.39 is 45.8 Å². The molecule has 0 fully saturated rings. The van der Waals surface area contributed by atoms with Gasteiger partial charge < -0.3 is 24.6 Å². The first-order chi connectivity index (χ1) is 23.3. The van der Waals surface area contributed by atoms with Crippen molar-refractivity contribution >= 4 is 13.8 Å². The second-order valence-electron chi connectivity index (χ2n) is 12.2. The van der Waals surface area contributed by atoms with Gasteiger partial charge in [-0.1, -0.05) is 114 Å². The summed E-state index contributed by atoms with van der Waals surface area (Å²) in [6.45, 7) is 3.31. The first-order valence-corrected chi connectivity index (χ1v) is 20.1. The van der Waals surface area contributed by atoms with Crippen molar-refractivity contribution in [1.29, 1.82) is 0 Å². The Labute approximate surface area is 292 Å². The lowest BCUT2D eigenvalue weighted by Gasteiger charge is -2.20. The highest BCUT2D eigenvalue weighted by Crippen LogP contribution is 2.43. The van der Waals surface area contributed by atoms with Crippen LogP contribution >= 0.6 is 7.82 Å². The Balaban J connectivity index is 4.31. The summed E-state index contributed by atoms with van der Waals surface area (Å²) < 4.78 is 33.2. The number of esters is 1. The van der Waals surface area contributed by atoms with E-state index in [9.17, 15) is 19.4 Å². The zero-order valence-corrected chi connectivity index (χ0v) is 31.1. The van der Waals surface area contributed by atoms with Gasteiger partial charge in [-0.15, -0.1) is 0 Å². The number of aliphatic hydroxyl groups excluding tert-OH is 2. The van der Waals surface area contributed by atoms with Gasteiger partial charge in [-0.3, -0.25) is 13.8 Å². The van der Waals surface area contributed by atoms with E-state index in [-0.39, 0.29) is 13.0 Å². The number of phosphoric ester groups is 1. The summed E-state index contributed by atoms with van der Waals surface area (Å²) in [5, 5.41) is 18.3. The molecule has 0 aromatic rings. The number of rotatable bonds is 35. The minimum Gasteiger partial charge on any atom is -0.457 e. The Bertz CT molecular complexity index is 887. The minimum absolute atomic E-state index is 0.0317. The molecule has 3 N–H and O–H groups in total. The topological polar surface area (TPSA) is 132 Å². The number of aliphatic hydroxyl groups is 2. The fraction of sp³-hybridized carbons (Fsp3) is 0.763. The number of hydrogen-bond donors (Lipinski definition) is 3. The molecule has 3 atom stereocenters. The van der Waals surface area contributed by atoms with Crippen molar-refractivity contribution in [3.63, 3.8) is 0 Å². The molecule has 0 aromatic carbocycles. The van der Waals surface area contributed by atoms with Gasteiger partial charge in [0.05, 0.1) is 26.4 Å². The first kappa shape index (κ1) is 46.4. The van der Waals surface area contributed by atoms with Crippen molar-refractivity contribution in [2.24, 2.45) is 0 Å². The van der Waals surface area contributed by atoms with E-state index in [4.69, 9.17) is 23.6 Å². The van der Waals surface area contributed by atoms with Gasteiger partial charge in [-0.25, -0.2) is 4.57 Å². The van der Waals surface area contributed by atoms with Crippen LogP contribution in [0.25, 0.3) is 0 Å². The van der Waals surface area contributed by atoms with Crippen LogP contribution in [0.15, 0.2) is 48.6 Å². The summed E-state index contributed by atoms with van der Waals surface area (Å²) in [6, 6.07) is 0. The number of ether oxygens (including phenoxy) is 2. The molecule has 0 aliphatic heterocycles. The molecule has 0 aromatic heterocycles. The van der Waals surface area contributed by atoms with Crippen LogP contribution in [0.2, 0.25) is 0 Å². The van der Waals surface area contributed by atoms with E-state index in [1.54, 1.807) is 0 Å². The average molecular weight is 701 g/mol. The highest BCUT2D eigenvalue weighted by molar-refractivity contribution is 7.47. The molecule has 0 spiro atoms. The van der Waals surface area contributed by atoms with Crippen LogP contribution in [0.3, 0.4) is 0 Å². The van der Waals surface area contributed by atoms with E-state index >= 15 is 0 Å². The predicted molar refractivity (Wildman–Crippen MR) is 196 cm³/mol. The van der Waals surface area contributed by atoms with Gasteiger partial charge in [0.1, 0.15) is 12.2 Å². The zero-order chi connectivity index (χ0) is 35.4. The Morgan fingerprint density at radius 1 is 0.667 bits per heavy atom. The normalized spacial score (nSPS) is 14.9. The minimum atomic E-state index is -4.52. The number of allylic oxidation sites excluding steroid dienone is 8. The number of carbonyl (C=O) groups is 1. The molecule has 10 heteroatoms. The van der Waals surface area contributed by atoms with E-state index in [0.29, 0.717) is 13.0 Å². The molecule has 3 unspecified atom stereocenters. The molecule has 0 aliphatic rings. The third kappa shape index (κ3) is 34.3. The Hall–Kier alpha value is -1.58. The van der Waals surface area contributed by atoms with Gasteiger partial charge in [0, 0.05) is 13.0 Å². The molecular formula is C38H69O9P. The van der Waals surface area contributed by atoms with Crippen molar-refractivity contribution in [2.45, 2.75) is 154 Å². The average Bonchev–Trinajstić information content (AvgIpc) is 3.07. The van der Waals surface area contributed by atoms with Crippen molar-refractivity contribution in [2.75, 3.05) is 33.0 Å². The van der Waals surface area contributed by atoms with Crippen molar-refractivity contribution in [3.05, 3.63) is 48.6 Å². The van der Waals surface area contributed by atoms with E-state index in [0.717, 1.165) is 64.2 Å². The highest BCUT2D eigenvalue weighted by atomic mass is 31.2. The van der Waals surface area contributed by atoms with Gasteiger partial charge in [0.2, 0.25) is 0 Å².